The molecule has 0 aliphatic carbocycles. The Morgan fingerprint density at radius 2 is 1.50 bits per heavy atom. The number of likely N-dealkylation sites (N-methyl/N-ethyl adjacent to an activating group) is 1. The first-order valence-corrected chi connectivity index (χ1v) is 6.84. The lowest BCUT2D eigenvalue weighted by molar-refractivity contribution is -0.119. The minimum Gasteiger partial charge on any atom is -0.375 e. The summed E-state index contributed by atoms with van der Waals surface area (Å²) < 4.78 is 11.0. The molecular formula is C15H24N2O3. The van der Waals surface area contributed by atoms with E-state index >= 15 is 0 Å². The van der Waals surface area contributed by atoms with Crippen LogP contribution in [0.2, 0.25) is 0 Å². The van der Waals surface area contributed by atoms with Crippen molar-refractivity contribution in [2.24, 2.45) is 0 Å². The van der Waals surface area contributed by atoms with Crippen molar-refractivity contribution in [3.63, 3.8) is 0 Å². The molecule has 0 saturated heterocycles. The number of carbonyl (C=O) groups excluding carboxylic acids is 1. The third-order valence-corrected chi connectivity index (χ3v) is 2.68. The van der Waals surface area contributed by atoms with Gasteiger partial charge in [0.25, 0.3) is 0 Å². The lowest BCUT2D eigenvalue weighted by Gasteiger charge is -2.07. The zero-order valence-corrected chi connectivity index (χ0v) is 12.3. The van der Waals surface area contributed by atoms with Gasteiger partial charge in [0.15, 0.2) is 0 Å². The van der Waals surface area contributed by atoms with Gasteiger partial charge >= 0.3 is 0 Å². The van der Waals surface area contributed by atoms with Crippen molar-refractivity contribution < 1.29 is 14.3 Å². The number of carbonyl (C=O) groups is 1. The maximum atomic E-state index is 10.7. The fourth-order valence-corrected chi connectivity index (χ4v) is 1.59. The molecule has 0 spiro atoms. The summed E-state index contributed by atoms with van der Waals surface area (Å²) in [6.07, 6.45) is 0. The second kappa shape index (κ2) is 10.4. The standard InChI is InChI=1S/C15H24N2O3/c1-13(18)17-8-10-20-12-15-5-3-14(4-6-15)11-19-9-7-16-2/h3-6,16H,7-12H2,1-2H3,(H,17,18). The predicted molar refractivity (Wildman–Crippen MR) is 78.4 cm³/mol. The van der Waals surface area contributed by atoms with Gasteiger partial charge in [0, 0.05) is 20.0 Å². The molecule has 5 nitrogen and oxygen atoms in total. The lowest BCUT2D eigenvalue weighted by Crippen LogP contribution is -2.24. The Hall–Kier alpha value is -1.43. The van der Waals surface area contributed by atoms with Crippen molar-refractivity contribution in [3.8, 4) is 0 Å². The summed E-state index contributed by atoms with van der Waals surface area (Å²) in [5, 5.41) is 5.72. The molecule has 0 aromatic heterocycles. The molecule has 0 aliphatic heterocycles. The third kappa shape index (κ3) is 7.89. The van der Waals surface area contributed by atoms with E-state index in [1.807, 2.05) is 31.3 Å². The van der Waals surface area contributed by atoms with Crippen LogP contribution in [0.25, 0.3) is 0 Å². The minimum absolute atomic E-state index is 0.0313. The van der Waals surface area contributed by atoms with Gasteiger partial charge in [-0.3, -0.25) is 4.79 Å². The smallest absolute Gasteiger partial charge is 0.216 e. The molecule has 1 amide bonds. The van der Waals surface area contributed by atoms with E-state index in [0.29, 0.717) is 33.0 Å². The zero-order valence-electron chi connectivity index (χ0n) is 12.3. The summed E-state index contributed by atoms with van der Waals surface area (Å²) in [6.45, 7) is 5.33. The van der Waals surface area contributed by atoms with E-state index in [0.717, 1.165) is 17.7 Å². The third-order valence-electron chi connectivity index (χ3n) is 2.68. The number of hydrogen-bond acceptors (Lipinski definition) is 4. The second-order valence-electron chi connectivity index (χ2n) is 4.51. The monoisotopic (exact) mass is 280 g/mol. The molecule has 0 aliphatic rings. The van der Waals surface area contributed by atoms with E-state index in [9.17, 15) is 4.79 Å². The topological polar surface area (TPSA) is 59.6 Å². The first-order chi connectivity index (χ1) is 9.72. The summed E-state index contributed by atoms with van der Waals surface area (Å²) in [5.41, 5.74) is 2.27. The average molecular weight is 280 g/mol. The van der Waals surface area contributed by atoms with Crippen LogP contribution in [0.1, 0.15) is 18.1 Å². The van der Waals surface area contributed by atoms with Crippen molar-refractivity contribution in [2.45, 2.75) is 20.1 Å². The normalized spacial score (nSPS) is 10.5. The summed E-state index contributed by atoms with van der Waals surface area (Å²) in [4.78, 5) is 10.7. The Kier molecular flexibility index (Phi) is 8.62. The van der Waals surface area contributed by atoms with Crippen LogP contribution in [0.4, 0.5) is 0 Å². The first-order valence-electron chi connectivity index (χ1n) is 6.84. The first kappa shape index (κ1) is 16.6. The molecule has 1 aromatic rings. The van der Waals surface area contributed by atoms with Gasteiger partial charge in [0.1, 0.15) is 0 Å². The number of nitrogens with one attached hydrogen (secondary N) is 2. The Labute approximate surface area is 120 Å². The van der Waals surface area contributed by atoms with Crippen molar-refractivity contribution in [2.75, 3.05) is 33.4 Å². The van der Waals surface area contributed by atoms with Crippen molar-refractivity contribution in [1.29, 1.82) is 0 Å². The number of hydrogen-bond donors (Lipinski definition) is 2. The lowest BCUT2D eigenvalue weighted by atomic mass is 10.1. The molecule has 1 rings (SSSR count). The highest BCUT2D eigenvalue weighted by atomic mass is 16.5. The molecule has 0 saturated carbocycles. The Morgan fingerprint density at radius 1 is 1.00 bits per heavy atom. The maximum Gasteiger partial charge on any atom is 0.216 e. The van der Waals surface area contributed by atoms with Gasteiger partial charge in [-0.25, -0.2) is 0 Å². The Bertz CT molecular complexity index is 379. The van der Waals surface area contributed by atoms with Gasteiger partial charge in [0.05, 0.1) is 26.4 Å². The van der Waals surface area contributed by atoms with E-state index < -0.39 is 0 Å². The minimum atomic E-state index is -0.0313. The van der Waals surface area contributed by atoms with Crippen LogP contribution in [-0.2, 0) is 27.5 Å². The molecule has 5 heteroatoms. The van der Waals surface area contributed by atoms with E-state index in [-0.39, 0.29) is 5.91 Å². The zero-order chi connectivity index (χ0) is 14.6. The van der Waals surface area contributed by atoms with E-state index in [2.05, 4.69) is 10.6 Å². The summed E-state index contributed by atoms with van der Waals surface area (Å²) in [6, 6.07) is 8.17. The van der Waals surface area contributed by atoms with Crippen LogP contribution in [0.15, 0.2) is 24.3 Å². The number of ether oxygens (including phenoxy) is 2. The van der Waals surface area contributed by atoms with Crippen LogP contribution in [0.3, 0.4) is 0 Å². The van der Waals surface area contributed by atoms with Crippen molar-refractivity contribution in [3.05, 3.63) is 35.4 Å². The molecule has 1 aromatic carbocycles. The average Bonchev–Trinajstić information content (AvgIpc) is 2.44. The molecule has 0 heterocycles. The van der Waals surface area contributed by atoms with Crippen molar-refractivity contribution in [1.82, 2.24) is 10.6 Å². The highest BCUT2D eigenvalue weighted by Gasteiger charge is 1.97. The Balaban J connectivity index is 2.16. The predicted octanol–water partition coefficient (Wildman–Crippen LogP) is 1.08. The van der Waals surface area contributed by atoms with Gasteiger partial charge in [-0.15, -0.1) is 0 Å². The van der Waals surface area contributed by atoms with E-state index in [4.69, 9.17) is 9.47 Å². The van der Waals surface area contributed by atoms with Gasteiger partial charge < -0.3 is 20.1 Å². The maximum absolute atomic E-state index is 10.7. The fraction of sp³-hybridized carbons (Fsp3) is 0.533. The molecule has 0 bridgehead atoms. The second-order valence-corrected chi connectivity index (χ2v) is 4.51. The SMILES string of the molecule is CNCCOCc1ccc(COCCNC(C)=O)cc1. The molecule has 0 atom stereocenters. The summed E-state index contributed by atoms with van der Waals surface area (Å²) in [5.74, 6) is -0.0313. The summed E-state index contributed by atoms with van der Waals surface area (Å²) >= 11 is 0. The molecule has 0 unspecified atom stereocenters. The van der Waals surface area contributed by atoms with Crippen LogP contribution in [0.5, 0.6) is 0 Å². The van der Waals surface area contributed by atoms with Crippen LogP contribution >= 0.6 is 0 Å². The summed E-state index contributed by atoms with van der Waals surface area (Å²) in [7, 11) is 1.91. The van der Waals surface area contributed by atoms with Crippen LogP contribution in [-0.4, -0.2) is 39.3 Å². The number of benzene rings is 1. The largest absolute Gasteiger partial charge is 0.375 e. The van der Waals surface area contributed by atoms with Gasteiger partial charge in [-0.2, -0.15) is 0 Å². The highest BCUT2D eigenvalue weighted by Crippen LogP contribution is 2.06. The van der Waals surface area contributed by atoms with Gasteiger partial charge in [-0.05, 0) is 18.2 Å². The molecule has 0 radical (unpaired) electrons. The van der Waals surface area contributed by atoms with E-state index in [1.54, 1.807) is 0 Å². The number of rotatable bonds is 10. The van der Waals surface area contributed by atoms with Crippen LogP contribution < -0.4 is 10.6 Å². The molecule has 2 N–H and O–H groups in total. The van der Waals surface area contributed by atoms with Gasteiger partial charge in [0.2, 0.25) is 5.91 Å². The van der Waals surface area contributed by atoms with E-state index in [1.165, 1.54) is 6.92 Å². The molecule has 20 heavy (non-hydrogen) atoms. The quantitative estimate of drug-likeness (QED) is 0.630. The van der Waals surface area contributed by atoms with Crippen molar-refractivity contribution >= 4 is 5.91 Å². The molecule has 0 fully saturated rings. The number of amides is 1. The molecule has 112 valence electrons. The fourth-order valence-electron chi connectivity index (χ4n) is 1.59. The Morgan fingerprint density at radius 3 is 1.95 bits per heavy atom. The van der Waals surface area contributed by atoms with Gasteiger partial charge in [-0.1, -0.05) is 24.3 Å². The highest BCUT2D eigenvalue weighted by molar-refractivity contribution is 5.72. The van der Waals surface area contributed by atoms with Crippen LogP contribution in [0, 0.1) is 0 Å². The molecular weight excluding hydrogens is 256 g/mol.